The van der Waals surface area contributed by atoms with Crippen molar-refractivity contribution in [3.05, 3.63) is 23.3 Å². The van der Waals surface area contributed by atoms with Gasteiger partial charge in [-0.3, -0.25) is 4.79 Å². The molecule has 1 aliphatic heterocycles. The number of benzene rings is 1. The lowest BCUT2D eigenvalue weighted by Crippen LogP contribution is -2.41. The average molecular weight is 320 g/mol. The van der Waals surface area contributed by atoms with E-state index >= 15 is 0 Å². The van der Waals surface area contributed by atoms with Gasteiger partial charge in [-0.05, 0) is 24.6 Å². The summed E-state index contributed by atoms with van der Waals surface area (Å²) in [5.74, 6) is -0.0261. The smallest absolute Gasteiger partial charge is 0.338 e. The number of esters is 1. The number of carbonyl (C=O) groups is 2. The van der Waals surface area contributed by atoms with Crippen LogP contribution in [-0.2, 0) is 9.53 Å². The van der Waals surface area contributed by atoms with Crippen molar-refractivity contribution in [3.8, 4) is 18.6 Å². The number of aryl methyl sites for hydroxylation is 1. The topological polar surface area (TPSA) is 81.9 Å². The maximum atomic E-state index is 11.8. The van der Waals surface area contributed by atoms with Gasteiger partial charge in [0, 0.05) is 13.1 Å². The molecule has 0 aromatic heterocycles. The molecule has 0 saturated carbocycles. The Kier molecular flexibility index (Phi) is 9.12. The number of fused-ring (bicyclic) bond motifs is 1. The number of amides is 1. The Morgan fingerprint density at radius 1 is 1.39 bits per heavy atom. The zero-order chi connectivity index (χ0) is 18.0. The molecule has 0 saturated heterocycles. The lowest BCUT2D eigenvalue weighted by molar-refractivity contribution is -0.121. The van der Waals surface area contributed by atoms with Crippen molar-refractivity contribution >= 4 is 17.6 Å². The number of hydrogen-bond acceptors (Lipinski definition) is 5. The number of ether oxygens (including phenoxy) is 2. The predicted octanol–water partition coefficient (Wildman–Crippen LogP) is 1.74. The van der Waals surface area contributed by atoms with Crippen molar-refractivity contribution < 1.29 is 19.1 Å². The van der Waals surface area contributed by atoms with E-state index in [4.69, 9.17) is 15.2 Å². The molecule has 0 unspecified atom stereocenters. The molecule has 1 heterocycles. The van der Waals surface area contributed by atoms with E-state index in [9.17, 15) is 9.59 Å². The maximum Gasteiger partial charge on any atom is 0.338 e. The molecule has 0 spiro atoms. The first-order chi connectivity index (χ1) is 11.1. The van der Waals surface area contributed by atoms with Crippen LogP contribution in [0.15, 0.2) is 12.1 Å². The lowest BCUT2D eigenvalue weighted by atomic mass is 10.1. The Hall–Kier alpha value is -2.52. The highest BCUT2D eigenvalue weighted by atomic mass is 16.5. The van der Waals surface area contributed by atoms with E-state index in [1.807, 2.05) is 13.8 Å². The first-order valence-corrected chi connectivity index (χ1v) is 7.28. The minimum absolute atomic E-state index is 0.00991. The number of nitrogens with two attached hydrogens (primary N) is 1. The Morgan fingerprint density at radius 3 is 2.52 bits per heavy atom. The van der Waals surface area contributed by atoms with Crippen LogP contribution in [0.3, 0.4) is 0 Å². The van der Waals surface area contributed by atoms with Crippen LogP contribution in [0.4, 0.5) is 5.69 Å². The third-order valence-electron chi connectivity index (χ3n) is 3.01. The number of terminal acetylenes is 1. The lowest BCUT2D eigenvalue weighted by Gasteiger charge is -2.29. The van der Waals surface area contributed by atoms with Crippen molar-refractivity contribution in [2.75, 3.05) is 31.7 Å². The Bertz CT molecular complexity index is 567. The van der Waals surface area contributed by atoms with Crippen molar-refractivity contribution in [2.24, 2.45) is 5.73 Å². The highest BCUT2D eigenvalue weighted by molar-refractivity contribution is 6.00. The zero-order valence-corrected chi connectivity index (χ0v) is 14.1. The molecule has 0 atom stereocenters. The van der Waals surface area contributed by atoms with E-state index < -0.39 is 5.97 Å². The molecule has 6 heteroatoms. The molecule has 1 aromatic carbocycles. The first-order valence-electron chi connectivity index (χ1n) is 7.28. The van der Waals surface area contributed by atoms with Crippen LogP contribution in [0.5, 0.6) is 5.75 Å². The van der Waals surface area contributed by atoms with Crippen molar-refractivity contribution in [1.29, 1.82) is 0 Å². The van der Waals surface area contributed by atoms with Crippen molar-refractivity contribution in [2.45, 2.75) is 20.8 Å². The Morgan fingerprint density at radius 2 is 2.00 bits per heavy atom. The molecule has 1 amide bonds. The van der Waals surface area contributed by atoms with Gasteiger partial charge in [-0.15, -0.1) is 12.8 Å². The fourth-order valence-corrected chi connectivity index (χ4v) is 2.05. The highest BCUT2D eigenvalue weighted by Crippen LogP contribution is 2.34. The summed E-state index contributed by atoms with van der Waals surface area (Å²) >= 11 is 0. The third kappa shape index (κ3) is 4.73. The number of carbonyl (C=O) groups excluding carboxylic acids is 2. The molecule has 1 aromatic rings. The fraction of sp³-hybridized carbons (Fsp3) is 0.412. The largest absolute Gasteiger partial charge is 0.482 e. The molecular formula is C17H24N2O4. The summed E-state index contributed by atoms with van der Waals surface area (Å²) in [6.45, 7) is 6.51. The van der Waals surface area contributed by atoms with Gasteiger partial charge in [0.05, 0.1) is 18.4 Å². The standard InChI is InChI=1S/C13H16N2O4.C2H6.C2H2/c1-8-5-11-10(6-9(8)13(17)18-2)15(4-3-14)12(16)7-19-11;2*1-2/h5-6H,3-4,7,14H2,1-2H3;1-2H3;1-2H. The van der Waals surface area contributed by atoms with Crippen LogP contribution in [0, 0.1) is 19.8 Å². The second kappa shape index (κ2) is 10.2. The summed E-state index contributed by atoms with van der Waals surface area (Å²) in [6.07, 6.45) is 8.00. The SMILES string of the molecule is C#C.CC.COC(=O)c1cc2c(cc1C)OCC(=O)N2CCN. The minimum atomic E-state index is -0.439. The first kappa shape index (κ1) is 20.5. The molecule has 0 radical (unpaired) electrons. The van der Waals surface area contributed by atoms with Gasteiger partial charge < -0.3 is 20.1 Å². The van der Waals surface area contributed by atoms with Gasteiger partial charge in [-0.1, -0.05) is 13.8 Å². The molecule has 0 fully saturated rings. The monoisotopic (exact) mass is 320 g/mol. The summed E-state index contributed by atoms with van der Waals surface area (Å²) in [7, 11) is 1.32. The van der Waals surface area contributed by atoms with E-state index in [0.29, 0.717) is 30.1 Å². The normalized spacial score (nSPS) is 11.8. The summed E-state index contributed by atoms with van der Waals surface area (Å²) in [6, 6.07) is 3.35. The molecule has 23 heavy (non-hydrogen) atoms. The van der Waals surface area contributed by atoms with Crippen LogP contribution in [-0.4, -0.2) is 38.7 Å². The molecule has 1 aliphatic rings. The second-order valence-corrected chi connectivity index (χ2v) is 4.25. The molecule has 126 valence electrons. The molecule has 6 nitrogen and oxygen atoms in total. The van der Waals surface area contributed by atoms with Crippen LogP contribution in [0.2, 0.25) is 0 Å². The molecular weight excluding hydrogens is 296 g/mol. The van der Waals surface area contributed by atoms with Gasteiger partial charge in [0.2, 0.25) is 0 Å². The van der Waals surface area contributed by atoms with Gasteiger partial charge in [0.15, 0.2) is 6.61 Å². The second-order valence-electron chi connectivity index (χ2n) is 4.25. The summed E-state index contributed by atoms with van der Waals surface area (Å²) in [5.41, 5.74) is 7.23. The highest BCUT2D eigenvalue weighted by Gasteiger charge is 2.27. The van der Waals surface area contributed by atoms with Crippen molar-refractivity contribution in [3.63, 3.8) is 0 Å². The summed E-state index contributed by atoms with van der Waals surface area (Å²) in [5, 5.41) is 0. The van der Waals surface area contributed by atoms with Gasteiger partial charge in [0.1, 0.15) is 5.75 Å². The fourth-order valence-electron chi connectivity index (χ4n) is 2.05. The van der Waals surface area contributed by atoms with Gasteiger partial charge in [-0.25, -0.2) is 4.79 Å². The molecule has 0 bridgehead atoms. The third-order valence-corrected chi connectivity index (χ3v) is 3.01. The van der Waals surface area contributed by atoms with Crippen molar-refractivity contribution in [1.82, 2.24) is 0 Å². The van der Waals surface area contributed by atoms with Gasteiger partial charge in [-0.2, -0.15) is 0 Å². The Labute approximate surface area is 137 Å². The molecule has 2 rings (SSSR count). The van der Waals surface area contributed by atoms with E-state index in [0.717, 1.165) is 5.56 Å². The quantitative estimate of drug-likeness (QED) is 0.677. The average Bonchev–Trinajstić information content (AvgIpc) is 2.60. The summed E-state index contributed by atoms with van der Waals surface area (Å²) in [4.78, 5) is 25.0. The van der Waals surface area contributed by atoms with E-state index in [-0.39, 0.29) is 12.5 Å². The maximum absolute atomic E-state index is 11.8. The molecule has 2 N–H and O–H groups in total. The van der Waals surface area contributed by atoms with Crippen LogP contribution in [0.25, 0.3) is 0 Å². The number of nitrogens with zero attached hydrogens (tertiary/aromatic N) is 1. The van der Waals surface area contributed by atoms with Crippen LogP contribution < -0.4 is 15.4 Å². The summed E-state index contributed by atoms with van der Waals surface area (Å²) < 4.78 is 10.1. The number of rotatable bonds is 3. The molecule has 0 aliphatic carbocycles. The number of anilines is 1. The minimum Gasteiger partial charge on any atom is -0.482 e. The van der Waals surface area contributed by atoms with Gasteiger partial charge >= 0.3 is 5.97 Å². The predicted molar refractivity (Wildman–Crippen MR) is 90.7 cm³/mol. The van der Waals surface area contributed by atoms with Crippen LogP contribution in [0.1, 0.15) is 29.8 Å². The Balaban J connectivity index is 0.00000112. The van der Waals surface area contributed by atoms with E-state index in [2.05, 4.69) is 12.8 Å². The van der Waals surface area contributed by atoms with Gasteiger partial charge in [0.25, 0.3) is 5.91 Å². The number of hydrogen-bond donors (Lipinski definition) is 1. The zero-order valence-electron chi connectivity index (χ0n) is 14.1. The van der Waals surface area contributed by atoms with E-state index in [1.54, 1.807) is 19.1 Å². The number of methoxy groups -OCH3 is 1. The van der Waals surface area contributed by atoms with E-state index in [1.165, 1.54) is 12.0 Å². The van der Waals surface area contributed by atoms with Crippen LogP contribution >= 0.6 is 0 Å².